The van der Waals surface area contributed by atoms with Gasteiger partial charge in [-0.25, -0.2) is 4.98 Å². The quantitative estimate of drug-likeness (QED) is 0.875. The van der Waals surface area contributed by atoms with Crippen molar-refractivity contribution in [3.63, 3.8) is 0 Å². The monoisotopic (exact) mass is 234 g/mol. The van der Waals surface area contributed by atoms with Gasteiger partial charge in [0.2, 0.25) is 0 Å². The van der Waals surface area contributed by atoms with Gasteiger partial charge in [0.05, 0.1) is 5.69 Å². The lowest BCUT2D eigenvalue weighted by molar-refractivity contribution is 0.662. The minimum absolute atomic E-state index is 0.0800. The number of aryl methyl sites for hydroxylation is 3. The summed E-state index contributed by atoms with van der Waals surface area (Å²) in [6, 6.07) is 0. The van der Waals surface area contributed by atoms with Gasteiger partial charge in [-0.3, -0.25) is 9.48 Å². The summed E-state index contributed by atoms with van der Waals surface area (Å²) in [7, 11) is 0. The van der Waals surface area contributed by atoms with Gasteiger partial charge in [-0.2, -0.15) is 5.10 Å². The summed E-state index contributed by atoms with van der Waals surface area (Å²) >= 11 is 0. The minimum Gasteiger partial charge on any atom is -0.309 e. The fourth-order valence-corrected chi connectivity index (χ4v) is 2.00. The molecule has 2 aromatic heterocycles. The Hall–Kier alpha value is -1.65. The maximum Gasteiger partial charge on any atom is 0.277 e. The first-order valence-electron chi connectivity index (χ1n) is 6.19. The zero-order valence-corrected chi connectivity index (χ0v) is 10.6. The molecule has 0 aliphatic heterocycles. The van der Waals surface area contributed by atoms with Gasteiger partial charge in [0.1, 0.15) is 11.3 Å². The zero-order valence-electron chi connectivity index (χ0n) is 10.6. The highest BCUT2D eigenvalue weighted by Crippen LogP contribution is 2.14. The fraction of sp³-hybridized carbons (Fsp3) is 0.583. The molecular weight excluding hydrogens is 216 g/mol. The van der Waals surface area contributed by atoms with Crippen LogP contribution >= 0.6 is 0 Å². The molecule has 0 amide bonds. The molecule has 0 fully saturated rings. The van der Waals surface area contributed by atoms with E-state index < -0.39 is 0 Å². The number of aromatic amines is 1. The highest BCUT2D eigenvalue weighted by molar-refractivity contribution is 5.76. The van der Waals surface area contributed by atoms with Crippen LogP contribution in [-0.4, -0.2) is 19.7 Å². The molecule has 0 aromatic carbocycles. The summed E-state index contributed by atoms with van der Waals surface area (Å²) in [5, 5.41) is 4.47. The number of fused-ring (bicyclic) bond motifs is 1. The molecule has 0 aliphatic carbocycles. The van der Waals surface area contributed by atoms with Crippen LogP contribution in [0.3, 0.4) is 0 Å². The maximum absolute atomic E-state index is 12.0. The Morgan fingerprint density at radius 3 is 2.65 bits per heavy atom. The van der Waals surface area contributed by atoms with E-state index in [1.807, 2.05) is 13.8 Å². The number of nitrogens with one attached hydrogen (secondary N) is 1. The third-order valence-corrected chi connectivity index (χ3v) is 2.84. The van der Waals surface area contributed by atoms with E-state index in [1.54, 1.807) is 4.68 Å². The molecule has 0 spiro atoms. The first-order chi connectivity index (χ1) is 8.21. The van der Waals surface area contributed by atoms with Crippen molar-refractivity contribution in [3.05, 3.63) is 21.9 Å². The molecule has 0 saturated heterocycles. The van der Waals surface area contributed by atoms with E-state index in [4.69, 9.17) is 0 Å². The summed E-state index contributed by atoms with van der Waals surface area (Å²) in [6.07, 6.45) is 2.60. The Kier molecular flexibility index (Phi) is 3.26. The topological polar surface area (TPSA) is 63.6 Å². The number of H-pyrrole nitrogens is 1. The molecule has 1 N–H and O–H groups in total. The Morgan fingerprint density at radius 2 is 2.06 bits per heavy atom. The van der Waals surface area contributed by atoms with Crippen molar-refractivity contribution in [2.24, 2.45) is 0 Å². The summed E-state index contributed by atoms with van der Waals surface area (Å²) in [6.45, 7) is 6.75. The van der Waals surface area contributed by atoms with Crippen LogP contribution in [0.4, 0.5) is 0 Å². The van der Waals surface area contributed by atoms with Gasteiger partial charge in [0, 0.05) is 13.0 Å². The summed E-state index contributed by atoms with van der Waals surface area (Å²) < 4.78 is 1.74. The van der Waals surface area contributed by atoms with Gasteiger partial charge in [-0.15, -0.1) is 0 Å². The second-order valence-electron chi connectivity index (χ2n) is 4.08. The Labute approximate surface area is 99.9 Å². The molecule has 92 valence electrons. The maximum atomic E-state index is 12.0. The van der Waals surface area contributed by atoms with E-state index in [2.05, 4.69) is 22.0 Å². The standard InChI is InChI=1S/C12H18N4O/c1-4-7-8-10-11(16(6-3)15-8)12(17)14-9(5-2)13-10/h4-7H2,1-3H3,(H,13,14,17). The first-order valence-corrected chi connectivity index (χ1v) is 6.19. The van der Waals surface area contributed by atoms with Gasteiger partial charge in [-0.05, 0) is 13.3 Å². The molecule has 0 radical (unpaired) electrons. The van der Waals surface area contributed by atoms with E-state index >= 15 is 0 Å². The van der Waals surface area contributed by atoms with Gasteiger partial charge in [-0.1, -0.05) is 20.3 Å². The van der Waals surface area contributed by atoms with Crippen LogP contribution in [0.5, 0.6) is 0 Å². The number of nitrogens with zero attached hydrogens (tertiary/aromatic N) is 3. The molecule has 5 nitrogen and oxygen atoms in total. The molecule has 0 aliphatic rings. The lowest BCUT2D eigenvalue weighted by Crippen LogP contribution is -2.14. The molecule has 0 bridgehead atoms. The van der Waals surface area contributed by atoms with Crippen molar-refractivity contribution in [2.45, 2.75) is 46.6 Å². The Morgan fingerprint density at radius 1 is 1.29 bits per heavy atom. The highest BCUT2D eigenvalue weighted by atomic mass is 16.1. The third kappa shape index (κ3) is 1.97. The van der Waals surface area contributed by atoms with Crippen LogP contribution in [0.1, 0.15) is 38.7 Å². The summed E-state index contributed by atoms with van der Waals surface area (Å²) in [5.74, 6) is 0.732. The van der Waals surface area contributed by atoms with Crippen LogP contribution in [0.25, 0.3) is 11.0 Å². The molecule has 2 heterocycles. The van der Waals surface area contributed by atoms with Crippen molar-refractivity contribution in [2.75, 3.05) is 0 Å². The SMILES string of the molecule is CCCc1nn(CC)c2c(=O)[nH]c(CC)nc12. The molecule has 0 atom stereocenters. The van der Waals surface area contributed by atoms with Gasteiger partial charge >= 0.3 is 0 Å². The second kappa shape index (κ2) is 4.69. The number of rotatable bonds is 4. The zero-order chi connectivity index (χ0) is 12.4. The van der Waals surface area contributed by atoms with Crippen LogP contribution in [0.2, 0.25) is 0 Å². The molecule has 17 heavy (non-hydrogen) atoms. The predicted molar refractivity (Wildman–Crippen MR) is 67.2 cm³/mol. The van der Waals surface area contributed by atoms with E-state index in [-0.39, 0.29) is 5.56 Å². The molecular formula is C12H18N4O. The van der Waals surface area contributed by atoms with Crippen LogP contribution in [0.15, 0.2) is 4.79 Å². The number of hydrogen-bond acceptors (Lipinski definition) is 3. The Balaban J connectivity index is 2.76. The van der Waals surface area contributed by atoms with Crippen LogP contribution in [0, 0.1) is 0 Å². The van der Waals surface area contributed by atoms with E-state index in [9.17, 15) is 4.79 Å². The predicted octanol–water partition coefficient (Wildman–Crippen LogP) is 1.65. The molecule has 5 heteroatoms. The van der Waals surface area contributed by atoms with Crippen molar-refractivity contribution in [1.82, 2.24) is 19.7 Å². The normalized spacial score (nSPS) is 11.2. The lowest BCUT2D eigenvalue weighted by Gasteiger charge is -1.98. The second-order valence-corrected chi connectivity index (χ2v) is 4.08. The fourth-order valence-electron chi connectivity index (χ4n) is 2.00. The largest absolute Gasteiger partial charge is 0.309 e. The number of aromatic nitrogens is 4. The van der Waals surface area contributed by atoms with E-state index in [1.165, 1.54) is 0 Å². The summed E-state index contributed by atoms with van der Waals surface area (Å²) in [4.78, 5) is 19.3. The van der Waals surface area contributed by atoms with Crippen molar-refractivity contribution >= 4 is 11.0 Å². The van der Waals surface area contributed by atoms with Crippen molar-refractivity contribution < 1.29 is 0 Å². The van der Waals surface area contributed by atoms with E-state index in [0.717, 1.165) is 36.3 Å². The minimum atomic E-state index is -0.0800. The van der Waals surface area contributed by atoms with Gasteiger partial charge in [0.25, 0.3) is 5.56 Å². The van der Waals surface area contributed by atoms with Crippen LogP contribution < -0.4 is 5.56 Å². The molecule has 2 rings (SSSR count). The molecule has 0 unspecified atom stereocenters. The average Bonchev–Trinajstić information content (AvgIpc) is 2.68. The average molecular weight is 234 g/mol. The highest BCUT2D eigenvalue weighted by Gasteiger charge is 2.14. The first kappa shape index (κ1) is 11.8. The number of hydrogen-bond donors (Lipinski definition) is 1. The van der Waals surface area contributed by atoms with Crippen molar-refractivity contribution in [3.8, 4) is 0 Å². The lowest BCUT2D eigenvalue weighted by atomic mass is 10.2. The van der Waals surface area contributed by atoms with Gasteiger partial charge < -0.3 is 4.98 Å². The molecule has 2 aromatic rings. The van der Waals surface area contributed by atoms with Gasteiger partial charge in [0.15, 0.2) is 5.52 Å². The smallest absolute Gasteiger partial charge is 0.277 e. The third-order valence-electron chi connectivity index (χ3n) is 2.84. The Bertz CT molecular complexity index is 582. The van der Waals surface area contributed by atoms with Crippen molar-refractivity contribution in [1.29, 1.82) is 0 Å². The van der Waals surface area contributed by atoms with Crippen LogP contribution in [-0.2, 0) is 19.4 Å². The van der Waals surface area contributed by atoms with E-state index in [0.29, 0.717) is 12.1 Å². The molecule has 0 saturated carbocycles. The summed E-state index contributed by atoms with van der Waals surface area (Å²) in [5.41, 5.74) is 2.23.